The van der Waals surface area contributed by atoms with Crippen molar-refractivity contribution < 1.29 is 9.53 Å². The number of benzene rings is 1. The van der Waals surface area contributed by atoms with Crippen molar-refractivity contribution in [3.05, 3.63) is 34.9 Å². The predicted molar refractivity (Wildman–Crippen MR) is 71.8 cm³/mol. The van der Waals surface area contributed by atoms with Crippen molar-refractivity contribution >= 4 is 43.2 Å². The van der Waals surface area contributed by atoms with Crippen molar-refractivity contribution in [1.82, 2.24) is 0 Å². The molecule has 4 heteroatoms. The number of rotatable bonds is 3. The summed E-state index contributed by atoms with van der Waals surface area (Å²) >= 11 is 6.79. The maximum Gasteiger partial charge on any atom is 0.190 e. The summed E-state index contributed by atoms with van der Waals surface area (Å²) in [6, 6.07) is 5.63. The number of methoxy groups -OCH3 is 1. The van der Waals surface area contributed by atoms with Crippen LogP contribution in [0.25, 0.3) is 5.57 Å². The van der Waals surface area contributed by atoms with E-state index < -0.39 is 0 Å². The summed E-state index contributed by atoms with van der Waals surface area (Å²) in [6.07, 6.45) is 0. The average Bonchev–Trinajstić information content (AvgIpc) is 2.60. The summed E-state index contributed by atoms with van der Waals surface area (Å²) in [4.78, 5) is 12.1. The molecule has 0 saturated heterocycles. The second-order valence-electron chi connectivity index (χ2n) is 3.47. The molecule has 1 aromatic rings. The lowest BCUT2D eigenvalue weighted by molar-refractivity contribution is 0.103. The first kappa shape index (κ1) is 11.9. The first-order valence-electron chi connectivity index (χ1n) is 4.80. The second kappa shape index (κ2) is 4.72. The van der Waals surface area contributed by atoms with E-state index in [-0.39, 0.29) is 5.78 Å². The van der Waals surface area contributed by atoms with E-state index in [2.05, 4.69) is 31.9 Å². The molecule has 0 fully saturated rings. The van der Waals surface area contributed by atoms with Crippen LogP contribution in [0.4, 0.5) is 0 Å². The van der Waals surface area contributed by atoms with Crippen LogP contribution in [0.2, 0.25) is 0 Å². The molecule has 16 heavy (non-hydrogen) atoms. The van der Waals surface area contributed by atoms with Crippen LogP contribution >= 0.6 is 31.9 Å². The summed E-state index contributed by atoms with van der Waals surface area (Å²) in [6.45, 7) is 0. The number of halogens is 2. The average molecular weight is 346 g/mol. The van der Waals surface area contributed by atoms with E-state index >= 15 is 0 Å². The van der Waals surface area contributed by atoms with Crippen LogP contribution in [0, 0.1) is 0 Å². The highest BCUT2D eigenvalue weighted by molar-refractivity contribution is 9.09. The first-order chi connectivity index (χ1) is 7.72. The number of Topliss-reactive ketones (excluding diaryl/α,β-unsaturated/α-hetero) is 1. The van der Waals surface area contributed by atoms with Crippen LogP contribution in [0.3, 0.4) is 0 Å². The van der Waals surface area contributed by atoms with Crippen LogP contribution in [-0.4, -0.2) is 23.6 Å². The molecule has 1 aliphatic rings. The standard InChI is InChI=1S/C12H10Br2O2/c1-16-7-2-3-8-9(4-7)12(15)11(6-14)10(8)5-13/h2-4H,5-6H2,1H3. The fraction of sp³-hybridized carbons (Fsp3) is 0.250. The zero-order chi connectivity index (χ0) is 11.7. The number of hydrogen-bond donors (Lipinski definition) is 0. The van der Waals surface area contributed by atoms with Crippen molar-refractivity contribution in [3.63, 3.8) is 0 Å². The number of carbonyl (C=O) groups excluding carboxylic acids is 1. The molecule has 2 rings (SSSR count). The number of carbonyl (C=O) groups is 1. The van der Waals surface area contributed by atoms with Crippen molar-refractivity contribution in [2.45, 2.75) is 0 Å². The van der Waals surface area contributed by atoms with Gasteiger partial charge in [-0.05, 0) is 23.3 Å². The molecule has 84 valence electrons. The number of allylic oxidation sites excluding steroid dienone is 2. The van der Waals surface area contributed by atoms with Crippen LogP contribution in [-0.2, 0) is 0 Å². The van der Waals surface area contributed by atoms with Gasteiger partial charge in [0.25, 0.3) is 0 Å². The van der Waals surface area contributed by atoms with Gasteiger partial charge < -0.3 is 4.74 Å². The molecule has 1 aromatic carbocycles. The Morgan fingerprint density at radius 1 is 1.12 bits per heavy atom. The molecule has 0 radical (unpaired) electrons. The van der Waals surface area contributed by atoms with Crippen molar-refractivity contribution in [2.24, 2.45) is 0 Å². The summed E-state index contributed by atoms with van der Waals surface area (Å²) in [5.74, 6) is 0.817. The van der Waals surface area contributed by atoms with Gasteiger partial charge in [0.2, 0.25) is 0 Å². The Bertz CT molecular complexity index is 478. The Kier molecular flexibility index (Phi) is 3.50. The van der Waals surface area contributed by atoms with Gasteiger partial charge in [0.15, 0.2) is 5.78 Å². The molecule has 0 saturated carbocycles. The van der Waals surface area contributed by atoms with Crippen molar-refractivity contribution in [1.29, 1.82) is 0 Å². The summed E-state index contributed by atoms with van der Waals surface area (Å²) in [7, 11) is 1.60. The number of ether oxygens (including phenoxy) is 1. The van der Waals surface area contributed by atoms with E-state index in [1.54, 1.807) is 13.2 Å². The van der Waals surface area contributed by atoms with Gasteiger partial charge in [-0.1, -0.05) is 37.9 Å². The van der Waals surface area contributed by atoms with Gasteiger partial charge in [-0.25, -0.2) is 0 Å². The SMILES string of the molecule is COc1ccc2c(c1)C(=O)C(CBr)=C2CBr. The van der Waals surface area contributed by atoms with Gasteiger partial charge in [-0.15, -0.1) is 0 Å². The van der Waals surface area contributed by atoms with E-state index in [0.29, 0.717) is 10.7 Å². The molecule has 0 amide bonds. The first-order valence-corrected chi connectivity index (χ1v) is 7.04. The number of hydrogen-bond acceptors (Lipinski definition) is 2. The van der Waals surface area contributed by atoms with Gasteiger partial charge >= 0.3 is 0 Å². The quantitative estimate of drug-likeness (QED) is 0.784. The zero-order valence-electron chi connectivity index (χ0n) is 8.72. The van der Waals surface area contributed by atoms with Crippen molar-refractivity contribution in [2.75, 3.05) is 17.8 Å². The Morgan fingerprint density at radius 2 is 1.81 bits per heavy atom. The number of fused-ring (bicyclic) bond motifs is 1. The third-order valence-corrected chi connectivity index (χ3v) is 3.82. The highest BCUT2D eigenvalue weighted by Gasteiger charge is 2.28. The number of ketones is 1. The van der Waals surface area contributed by atoms with Crippen LogP contribution in [0.5, 0.6) is 5.75 Å². The fourth-order valence-corrected chi connectivity index (χ4v) is 3.09. The minimum absolute atomic E-state index is 0.0974. The fourth-order valence-electron chi connectivity index (χ4n) is 1.86. The minimum Gasteiger partial charge on any atom is -0.497 e. The Morgan fingerprint density at radius 3 is 2.38 bits per heavy atom. The van der Waals surface area contributed by atoms with Gasteiger partial charge in [0.05, 0.1) is 7.11 Å². The molecule has 0 atom stereocenters. The largest absolute Gasteiger partial charge is 0.497 e. The normalized spacial score (nSPS) is 14.3. The molecule has 2 nitrogen and oxygen atoms in total. The van der Waals surface area contributed by atoms with Gasteiger partial charge in [0, 0.05) is 21.8 Å². The third kappa shape index (κ3) is 1.74. The van der Waals surface area contributed by atoms with E-state index in [1.165, 1.54) is 0 Å². The zero-order valence-corrected chi connectivity index (χ0v) is 11.9. The molecule has 0 aromatic heterocycles. The smallest absolute Gasteiger partial charge is 0.190 e. The second-order valence-corrected chi connectivity index (χ2v) is 4.59. The number of alkyl halides is 2. The molecule has 1 aliphatic carbocycles. The molecule has 0 aliphatic heterocycles. The molecular formula is C12H10Br2O2. The summed E-state index contributed by atoms with van der Waals surface area (Å²) in [5, 5.41) is 1.28. The molecular weight excluding hydrogens is 336 g/mol. The van der Waals surface area contributed by atoms with Gasteiger partial charge in [0.1, 0.15) is 5.75 Å². The third-order valence-electron chi connectivity index (χ3n) is 2.70. The highest BCUT2D eigenvalue weighted by atomic mass is 79.9. The predicted octanol–water partition coefficient (Wildman–Crippen LogP) is 3.43. The van der Waals surface area contributed by atoms with Gasteiger partial charge in [-0.3, -0.25) is 4.79 Å². The lowest BCUT2D eigenvalue weighted by atomic mass is 10.1. The topological polar surface area (TPSA) is 26.3 Å². The minimum atomic E-state index is 0.0974. The molecule has 0 heterocycles. The summed E-state index contributed by atoms with van der Waals surface area (Å²) in [5.41, 5.74) is 3.65. The van der Waals surface area contributed by atoms with E-state index in [1.807, 2.05) is 12.1 Å². The highest BCUT2D eigenvalue weighted by Crippen LogP contribution is 2.36. The van der Waals surface area contributed by atoms with Crippen molar-refractivity contribution in [3.8, 4) is 5.75 Å². The molecule has 0 spiro atoms. The Hall–Kier alpha value is -0.610. The van der Waals surface area contributed by atoms with Crippen LogP contribution in [0.15, 0.2) is 23.8 Å². The maximum absolute atomic E-state index is 12.1. The van der Waals surface area contributed by atoms with Gasteiger partial charge in [-0.2, -0.15) is 0 Å². The maximum atomic E-state index is 12.1. The van der Waals surface area contributed by atoms with E-state index in [0.717, 1.165) is 28.0 Å². The lowest BCUT2D eigenvalue weighted by Crippen LogP contribution is -2.00. The van der Waals surface area contributed by atoms with E-state index in [4.69, 9.17) is 4.74 Å². The molecule has 0 bridgehead atoms. The Labute approximate surface area is 111 Å². The van der Waals surface area contributed by atoms with E-state index in [9.17, 15) is 4.79 Å². The monoisotopic (exact) mass is 344 g/mol. The Balaban J connectivity index is 2.57. The lowest BCUT2D eigenvalue weighted by Gasteiger charge is -2.04. The summed E-state index contributed by atoms with van der Waals surface area (Å²) < 4.78 is 5.13. The molecule has 0 unspecified atom stereocenters. The van der Waals surface area contributed by atoms with Crippen LogP contribution < -0.4 is 4.74 Å². The van der Waals surface area contributed by atoms with Crippen LogP contribution in [0.1, 0.15) is 15.9 Å². The molecule has 0 N–H and O–H groups in total.